The second kappa shape index (κ2) is 6.29. The van der Waals surface area contributed by atoms with Crippen LogP contribution in [-0.2, 0) is 11.3 Å². The number of hydrogen-bond donors (Lipinski definition) is 0. The monoisotopic (exact) mass is 318 g/mol. The predicted octanol–water partition coefficient (Wildman–Crippen LogP) is 2.27. The molecule has 1 aliphatic heterocycles. The van der Waals surface area contributed by atoms with Crippen LogP contribution in [0.5, 0.6) is 0 Å². The molecule has 0 saturated carbocycles. The molecule has 2 heterocycles. The van der Waals surface area contributed by atoms with Gasteiger partial charge in [-0.3, -0.25) is 4.90 Å². The molecule has 1 saturated heterocycles. The van der Waals surface area contributed by atoms with Crippen molar-refractivity contribution < 1.29 is 4.74 Å². The maximum Gasteiger partial charge on any atom is 0.0829 e. The van der Waals surface area contributed by atoms with Gasteiger partial charge in [0, 0.05) is 26.2 Å². The summed E-state index contributed by atoms with van der Waals surface area (Å²) in [4.78, 5) is 4.67. The summed E-state index contributed by atoms with van der Waals surface area (Å²) < 4.78 is 6.99. The molecule has 96 valence electrons. The first-order valence-corrected chi connectivity index (χ1v) is 7.52. The Morgan fingerprint density at radius 3 is 3.06 bits per heavy atom. The second-order valence-corrected chi connectivity index (χ2v) is 7.04. The molecule has 1 aromatic rings. The van der Waals surface area contributed by atoms with Crippen LogP contribution in [0.1, 0.15) is 5.56 Å². The zero-order chi connectivity index (χ0) is 12.3. The van der Waals surface area contributed by atoms with Crippen molar-refractivity contribution in [1.82, 2.24) is 9.80 Å². The SMILES string of the molecule is CN(C)CC1CN(Cc2csc(Br)c2)CCO1. The van der Waals surface area contributed by atoms with Crippen molar-refractivity contribution in [2.24, 2.45) is 0 Å². The van der Waals surface area contributed by atoms with Crippen molar-refractivity contribution in [2.45, 2.75) is 12.6 Å². The van der Waals surface area contributed by atoms with E-state index in [0.717, 1.165) is 32.8 Å². The second-order valence-electron chi connectivity index (χ2n) is 4.75. The zero-order valence-electron chi connectivity index (χ0n) is 10.4. The minimum Gasteiger partial charge on any atom is -0.374 e. The molecule has 1 atom stereocenters. The van der Waals surface area contributed by atoms with Gasteiger partial charge in [-0.25, -0.2) is 0 Å². The first-order valence-electron chi connectivity index (χ1n) is 5.85. The fraction of sp³-hybridized carbons (Fsp3) is 0.667. The molecule has 3 nitrogen and oxygen atoms in total. The molecule has 2 rings (SSSR count). The number of morpholine rings is 1. The van der Waals surface area contributed by atoms with Crippen molar-refractivity contribution in [3.63, 3.8) is 0 Å². The number of likely N-dealkylation sites (N-methyl/N-ethyl adjacent to an activating group) is 1. The number of thiophene rings is 1. The van der Waals surface area contributed by atoms with Gasteiger partial charge in [-0.1, -0.05) is 0 Å². The summed E-state index contributed by atoms with van der Waals surface area (Å²) in [5, 5.41) is 2.22. The Labute approximate surface area is 115 Å². The van der Waals surface area contributed by atoms with Gasteiger partial charge in [0.15, 0.2) is 0 Å². The highest BCUT2D eigenvalue weighted by atomic mass is 79.9. The molecular weight excluding hydrogens is 300 g/mol. The Balaban J connectivity index is 1.85. The summed E-state index contributed by atoms with van der Waals surface area (Å²) in [7, 11) is 4.19. The van der Waals surface area contributed by atoms with Crippen molar-refractivity contribution in [3.05, 3.63) is 20.8 Å². The van der Waals surface area contributed by atoms with Crippen LogP contribution in [-0.4, -0.2) is 56.2 Å². The molecule has 1 aromatic heterocycles. The topological polar surface area (TPSA) is 15.7 Å². The van der Waals surface area contributed by atoms with Gasteiger partial charge in [-0.2, -0.15) is 0 Å². The molecule has 0 N–H and O–H groups in total. The summed E-state index contributed by atoms with van der Waals surface area (Å²) >= 11 is 5.27. The van der Waals surface area contributed by atoms with E-state index in [9.17, 15) is 0 Å². The molecule has 1 unspecified atom stereocenters. The fourth-order valence-electron chi connectivity index (χ4n) is 2.13. The third-order valence-corrected chi connectivity index (χ3v) is 4.37. The molecule has 0 radical (unpaired) electrons. The van der Waals surface area contributed by atoms with Gasteiger partial charge in [0.25, 0.3) is 0 Å². The standard InChI is InChI=1S/C12H19BrN2OS/c1-14(2)7-11-8-15(3-4-16-11)6-10-5-12(13)17-9-10/h5,9,11H,3-4,6-8H2,1-2H3. The smallest absolute Gasteiger partial charge is 0.0829 e. The van der Waals surface area contributed by atoms with Crippen LogP contribution < -0.4 is 0 Å². The molecule has 0 aromatic carbocycles. The van der Waals surface area contributed by atoms with E-state index >= 15 is 0 Å². The Bertz CT molecular complexity index is 356. The Hall–Kier alpha value is 0.0600. The lowest BCUT2D eigenvalue weighted by molar-refractivity contribution is -0.0406. The predicted molar refractivity (Wildman–Crippen MR) is 75.6 cm³/mol. The normalized spacial score (nSPS) is 22.2. The minimum atomic E-state index is 0.348. The van der Waals surface area contributed by atoms with E-state index in [0.29, 0.717) is 6.10 Å². The maximum atomic E-state index is 5.77. The molecule has 0 amide bonds. The summed E-state index contributed by atoms with van der Waals surface area (Å²) in [6.45, 7) is 4.96. The molecule has 17 heavy (non-hydrogen) atoms. The van der Waals surface area contributed by atoms with Crippen molar-refractivity contribution in [2.75, 3.05) is 40.3 Å². The van der Waals surface area contributed by atoms with Gasteiger partial charge < -0.3 is 9.64 Å². The first kappa shape index (κ1) is 13.5. The third-order valence-electron chi connectivity index (χ3n) is 2.82. The van der Waals surface area contributed by atoms with E-state index in [4.69, 9.17) is 4.74 Å². The summed E-state index contributed by atoms with van der Waals surface area (Å²) in [6, 6.07) is 2.21. The summed E-state index contributed by atoms with van der Waals surface area (Å²) in [6.07, 6.45) is 0.348. The fourth-order valence-corrected chi connectivity index (χ4v) is 3.33. The van der Waals surface area contributed by atoms with Gasteiger partial charge >= 0.3 is 0 Å². The zero-order valence-corrected chi connectivity index (χ0v) is 12.8. The van der Waals surface area contributed by atoms with Crippen LogP contribution in [0, 0.1) is 0 Å². The van der Waals surface area contributed by atoms with E-state index in [1.807, 2.05) is 0 Å². The highest BCUT2D eigenvalue weighted by Crippen LogP contribution is 2.22. The van der Waals surface area contributed by atoms with Gasteiger partial charge in [-0.15, -0.1) is 11.3 Å². The number of ether oxygens (including phenoxy) is 1. The average molecular weight is 319 g/mol. The Morgan fingerprint density at radius 1 is 1.59 bits per heavy atom. The number of rotatable bonds is 4. The molecule has 0 spiro atoms. The van der Waals surface area contributed by atoms with Crippen molar-refractivity contribution in [3.8, 4) is 0 Å². The highest BCUT2D eigenvalue weighted by molar-refractivity contribution is 9.11. The quantitative estimate of drug-likeness (QED) is 0.847. The van der Waals surface area contributed by atoms with Gasteiger partial charge in [0.2, 0.25) is 0 Å². The largest absolute Gasteiger partial charge is 0.374 e. The van der Waals surface area contributed by atoms with Crippen molar-refractivity contribution in [1.29, 1.82) is 0 Å². The van der Waals surface area contributed by atoms with Crippen molar-refractivity contribution >= 4 is 27.3 Å². The average Bonchev–Trinajstić information content (AvgIpc) is 2.63. The van der Waals surface area contributed by atoms with Crippen LogP contribution in [0.15, 0.2) is 15.2 Å². The van der Waals surface area contributed by atoms with Gasteiger partial charge in [0.05, 0.1) is 16.5 Å². The third kappa shape index (κ3) is 4.34. The summed E-state index contributed by atoms with van der Waals surface area (Å²) in [5.74, 6) is 0. The number of nitrogens with zero attached hydrogens (tertiary/aromatic N) is 2. The van der Waals surface area contributed by atoms with Crippen LogP contribution in [0.4, 0.5) is 0 Å². The van der Waals surface area contributed by atoms with E-state index in [-0.39, 0.29) is 0 Å². The highest BCUT2D eigenvalue weighted by Gasteiger charge is 2.21. The lowest BCUT2D eigenvalue weighted by Gasteiger charge is -2.34. The van der Waals surface area contributed by atoms with E-state index in [1.165, 1.54) is 9.35 Å². The molecular formula is C12H19BrN2OS. The van der Waals surface area contributed by atoms with E-state index < -0.39 is 0 Å². The molecule has 1 fully saturated rings. The van der Waals surface area contributed by atoms with Crippen LogP contribution in [0.2, 0.25) is 0 Å². The lowest BCUT2D eigenvalue weighted by Crippen LogP contribution is -2.45. The van der Waals surface area contributed by atoms with E-state index in [1.54, 1.807) is 11.3 Å². The maximum absolute atomic E-state index is 5.77. The molecule has 5 heteroatoms. The molecule has 0 bridgehead atoms. The number of hydrogen-bond acceptors (Lipinski definition) is 4. The minimum absolute atomic E-state index is 0.348. The van der Waals surface area contributed by atoms with Crippen LogP contribution in [0.25, 0.3) is 0 Å². The van der Waals surface area contributed by atoms with Crippen LogP contribution >= 0.6 is 27.3 Å². The molecule has 0 aliphatic carbocycles. The molecule has 1 aliphatic rings. The Kier molecular flexibility index (Phi) is 4.99. The summed E-state index contributed by atoms with van der Waals surface area (Å²) in [5.41, 5.74) is 1.40. The van der Waals surface area contributed by atoms with Gasteiger partial charge in [-0.05, 0) is 47.0 Å². The Morgan fingerprint density at radius 2 is 2.41 bits per heavy atom. The van der Waals surface area contributed by atoms with Gasteiger partial charge in [0.1, 0.15) is 0 Å². The van der Waals surface area contributed by atoms with E-state index in [2.05, 4.69) is 51.3 Å². The van der Waals surface area contributed by atoms with Crippen LogP contribution in [0.3, 0.4) is 0 Å². The lowest BCUT2D eigenvalue weighted by atomic mass is 10.2. The number of halogens is 1. The first-order chi connectivity index (χ1) is 8.13.